The first-order chi connectivity index (χ1) is 15.2. The van der Waals surface area contributed by atoms with Crippen LogP contribution in [-0.2, 0) is 6.54 Å². The Kier molecular flexibility index (Phi) is 5.21. The quantitative estimate of drug-likeness (QED) is 0.477. The van der Waals surface area contributed by atoms with E-state index in [4.69, 9.17) is 0 Å². The first-order valence-corrected chi connectivity index (χ1v) is 10.9. The lowest BCUT2D eigenvalue weighted by Crippen LogP contribution is -2.49. The van der Waals surface area contributed by atoms with Crippen LogP contribution in [0, 0.1) is 6.92 Å². The van der Waals surface area contributed by atoms with Crippen LogP contribution >= 0.6 is 0 Å². The Morgan fingerprint density at radius 3 is 2.32 bits per heavy atom. The van der Waals surface area contributed by atoms with Crippen LogP contribution in [0.25, 0.3) is 10.9 Å². The molecule has 4 aromatic rings. The number of fused-ring (bicyclic) bond motifs is 1. The Balaban J connectivity index is 1.39. The summed E-state index contributed by atoms with van der Waals surface area (Å²) in [5.41, 5.74) is 5.58. The lowest BCUT2D eigenvalue weighted by atomic mass is 10.2. The molecule has 0 radical (unpaired) electrons. The van der Waals surface area contributed by atoms with Gasteiger partial charge in [0.15, 0.2) is 0 Å². The van der Waals surface area contributed by atoms with Crippen LogP contribution in [0.4, 0.5) is 5.69 Å². The average molecular weight is 410 g/mol. The minimum Gasteiger partial charge on any atom is -0.368 e. The van der Waals surface area contributed by atoms with E-state index < -0.39 is 0 Å². The monoisotopic (exact) mass is 409 g/mol. The molecule has 1 saturated heterocycles. The predicted octanol–water partition coefficient (Wildman–Crippen LogP) is 4.96. The number of hydrogen-bond donors (Lipinski definition) is 0. The number of benzene rings is 3. The molecular weight excluding hydrogens is 382 g/mol. The van der Waals surface area contributed by atoms with Gasteiger partial charge in [-0.1, -0.05) is 60.7 Å². The van der Waals surface area contributed by atoms with Gasteiger partial charge < -0.3 is 14.4 Å². The van der Waals surface area contributed by atoms with Crippen molar-refractivity contribution in [2.45, 2.75) is 13.5 Å². The van der Waals surface area contributed by atoms with Crippen molar-refractivity contribution in [2.75, 3.05) is 31.1 Å². The number of aromatic nitrogens is 1. The summed E-state index contributed by atoms with van der Waals surface area (Å²) in [6.45, 7) is 6.00. The largest absolute Gasteiger partial charge is 0.368 e. The van der Waals surface area contributed by atoms with E-state index in [9.17, 15) is 4.79 Å². The number of amides is 1. The second-order valence-corrected chi connectivity index (χ2v) is 8.28. The van der Waals surface area contributed by atoms with Crippen molar-refractivity contribution in [1.29, 1.82) is 0 Å². The number of carbonyl (C=O) groups is 1. The Labute approximate surface area is 183 Å². The van der Waals surface area contributed by atoms with Crippen LogP contribution in [0.5, 0.6) is 0 Å². The van der Waals surface area contributed by atoms with E-state index in [1.807, 2.05) is 41.3 Å². The molecule has 1 amide bonds. The molecule has 156 valence electrons. The van der Waals surface area contributed by atoms with E-state index in [0.717, 1.165) is 42.8 Å². The van der Waals surface area contributed by atoms with E-state index in [1.165, 1.54) is 16.8 Å². The van der Waals surface area contributed by atoms with E-state index >= 15 is 0 Å². The van der Waals surface area contributed by atoms with Crippen LogP contribution in [0.3, 0.4) is 0 Å². The lowest BCUT2D eigenvalue weighted by Gasteiger charge is -2.36. The summed E-state index contributed by atoms with van der Waals surface area (Å²) < 4.78 is 2.17. The zero-order valence-electron chi connectivity index (χ0n) is 17.9. The van der Waals surface area contributed by atoms with Gasteiger partial charge in [-0.05, 0) is 42.3 Å². The van der Waals surface area contributed by atoms with Crippen molar-refractivity contribution in [3.05, 3.63) is 102 Å². The Morgan fingerprint density at radius 1 is 0.806 bits per heavy atom. The van der Waals surface area contributed by atoms with Crippen molar-refractivity contribution in [2.24, 2.45) is 0 Å². The number of carbonyl (C=O) groups excluding carboxylic acids is 1. The average Bonchev–Trinajstić information content (AvgIpc) is 3.18. The molecule has 4 nitrogen and oxygen atoms in total. The van der Waals surface area contributed by atoms with Gasteiger partial charge in [0, 0.05) is 49.3 Å². The molecule has 0 spiro atoms. The maximum atomic E-state index is 13.6. The highest BCUT2D eigenvalue weighted by molar-refractivity contribution is 5.99. The normalized spacial score (nSPS) is 14.2. The second kappa shape index (κ2) is 8.31. The SMILES string of the molecule is Cc1cccc(N2CCN(C(=O)c3cc4ccccc4n3Cc3ccccc3)CC2)c1. The number of hydrogen-bond acceptors (Lipinski definition) is 2. The Morgan fingerprint density at radius 2 is 1.55 bits per heavy atom. The summed E-state index contributed by atoms with van der Waals surface area (Å²) in [5, 5.41) is 1.11. The highest BCUT2D eigenvalue weighted by Crippen LogP contribution is 2.24. The number of rotatable bonds is 4. The van der Waals surface area contributed by atoms with Gasteiger partial charge in [-0.25, -0.2) is 0 Å². The van der Waals surface area contributed by atoms with Crippen LogP contribution < -0.4 is 4.90 Å². The molecule has 4 heteroatoms. The van der Waals surface area contributed by atoms with Crippen LogP contribution in [0.15, 0.2) is 84.9 Å². The maximum absolute atomic E-state index is 13.6. The lowest BCUT2D eigenvalue weighted by molar-refractivity contribution is 0.0737. The van der Waals surface area contributed by atoms with Crippen molar-refractivity contribution in [3.8, 4) is 0 Å². The van der Waals surface area contributed by atoms with Crippen molar-refractivity contribution >= 4 is 22.5 Å². The van der Waals surface area contributed by atoms with Crippen molar-refractivity contribution in [1.82, 2.24) is 9.47 Å². The number of anilines is 1. The van der Waals surface area contributed by atoms with Gasteiger partial charge in [0.1, 0.15) is 5.69 Å². The molecule has 1 aliphatic rings. The molecule has 0 unspecified atom stereocenters. The summed E-state index contributed by atoms with van der Waals surface area (Å²) in [4.78, 5) is 17.9. The van der Waals surface area contributed by atoms with Gasteiger partial charge in [0.05, 0.1) is 0 Å². The zero-order chi connectivity index (χ0) is 21.2. The molecule has 1 fully saturated rings. The molecule has 0 N–H and O–H groups in total. The van der Waals surface area contributed by atoms with Crippen LogP contribution in [-0.4, -0.2) is 41.6 Å². The first-order valence-electron chi connectivity index (χ1n) is 10.9. The third-order valence-corrected chi connectivity index (χ3v) is 6.15. The summed E-state index contributed by atoms with van der Waals surface area (Å²) >= 11 is 0. The van der Waals surface area contributed by atoms with E-state index in [-0.39, 0.29) is 5.91 Å². The van der Waals surface area contributed by atoms with Gasteiger partial charge in [-0.3, -0.25) is 4.79 Å². The van der Waals surface area contributed by atoms with Crippen molar-refractivity contribution < 1.29 is 4.79 Å². The van der Waals surface area contributed by atoms with Gasteiger partial charge in [0.2, 0.25) is 0 Å². The van der Waals surface area contributed by atoms with Gasteiger partial charge in [0.25, 0.3) is 5.91 Å². The molecule has 3 aromatic carbocycles. The summed E-state index contributed by atoms with van der Waals surface area (Å²) in [7, 11) is 0. The fourth-order valence-corrected chi connectivity index (χ4v) is 4.48. The number of para-hydroxylation sites is 1. The summed E-state index contributed by atoms with van der Waals surface area (Å²) in [6, 6.07) is 29.3. The molecule has 0 atom stereocenters. The van der Waals surface area contributed by atoms with E-state index in [0.29, 0.717) is 6.54 Å². The predicted molar refractivity (Wildman–Crippen MR) is 127 cm³/mol. The Bertz CT molecular complexity index is 1200. The van der Waals surface area contributed by atoms with Gasteiger partial charge in [-0.2, -0.15) is 0 Å². The number of nitrogens with zero attached hydrogens (tertiary/aromatic N) is 3. The molecular formula is C27H27N3O. The highest BCUT2D eigenvalue weighted by atomic mass is 16.2. The second-order valence-electron chi connectivity index (χ2n) is 8.28. The molecule has 1 aliphatic heterocycles. The zero-order valence-corrected chi connectivity index (χ0v) is 17.9. The molecule has 2 heterocycles. The summed E-state index contributed by atoms with van der Waals surface area (Å²) in [5.74, 6) is 0.121. The third kappa shape index (κ3) is 3.93. The van der Waals surface area contributed by atoms with E-state index in [1.54, 1.807) is 0 Å². The molecule has 0 aliphatic carbocycles. The third-order valence-electron chi connectivity index (χ3n) is 6.15. The molecule has 5 rings (SSSR count). The minimum atomic E-state index is 0.121. The standard InChI is InChI=1S/C27H27N3O/c1-21-8-7-12-24(18-21)28-14-16-29(17-15-28)27(31)26-19-23-11-5-6-13-25(23)30(26)20-22-9-3-2-4-10-22/h2-13,18-19H,14-17,20H2,1H3. The summed E-state index contributed by atoms with van der Waals surface area (Å²) in [6.07, 6.45) is 0. The van der Waals surface area contributed by atoms with Crippen LogP contribution in [0.1, 0.15) is 21.6 Å². The van der Waals surface area contributed by atoms with E-state index in [2.05, 4.69) is 64.9 Å². The van der Waals surface area contributed by atoms with Gasteiger partial charge in [-0.15, -0.1) is 0 Å². The first kappa shape index (κ1) is 19.4. The molecule has 31 heavy (non-hydrogen) atoms. The number of piperazine rings is 1. The van der Waals surface area contributed by atoms with Gasteiger partial charge >= 0.3 is 0 Å². The van der Waals surface area contributed by atoms with Crippen LogP contribution in [0.2, 0.25) is 0 Å². The van der Waals surface area contributed by atoms with Crippen molar-refractivity contribution in [3.63, 3.8) is 0 Å². The minimum absolute atomic E-state index is 0.121. The molecule has 1 aromatic heterocycles. The highest BCUT2D eigenvalue weighted by Gasteiger charge is 2.25. The topological polar surface area (TPSA) is 28.5 Å². The number of aryl methyl sites for hydroxylation is 1. The maximum Gasteiger partial charge on any atom is 0.270 e. The Hall–Kier alpha value is -3.53. The fourth-order valence-electron chi connectivity index (χ4n) is 4.48. The smallest absolute Gasteiger partial charge is 0.270 e. The fraction of sp³-hybridized carbons (Fsp3) is 0.222. The molecule has 0 saturated carbocycles. The molecule has 0 bridgehead atoms.